The molecular weight excluding hydrogens is 396 g/mol. The smallest absolute Gasteiger partial charge is 0.197 e. The first kappa shape index (κ1) is 22.0. The van der Waals surface area contributed by atoms with E-state index in [0.717, 1.165) is 11.1 Å². The highest BCUT2D eigenvalue weighted by atomic mass is 16.5. The van der Waals surface area contributed by atoms with E-state index in [1.165, 1.54) is 13.2 Å². The van der Waals surface area contributed by atoms with Gasteiger partial charge in [0.1, 0.15) is 28.2 Å². The summed E-state index contributed by atoms with van der Waals surface area (Å²) in [7, 11) is 4.66. The van der Waals surface area contributed by atoms with E-state index in [-0.39, 0.29) is 22.1 Å². The maximum Gasteiger partial charge on any atom is 0.197 e. The van der Waals surface area contributed by atoms with E-state index in [1.54, 1.807) is 38.5 Å². The van der Waals surface area contributed by atoms with Gasteiger partial charge in [-0.25, -0.2) is 0 Å². The first-order valence-electron chi connectivity index (χ1n) is 9.78. The van der Waals surface area contributed by atoms with Crippen LogP contribution in [-0.4, -0.2) is 26.4 Å². The van der Waals surface area contributed by atoms with Gasteiger partial charge < -0.3 is 23.7 Å². The molecule has 0 aliphatic carbocycles. The molecule has 0 aliphatic rings. The Morgan fingerprint density at radius 2 is 1.68 bits per heavy atom. The Morgan fingerprint density at radius 1 is 0.968 bits per heavy atom. The van der Waals surface area contributed by atoms with Gasteiger partial charge >= 0.3 is 0 Å². The van der Waals surface area contributed by atoms with Crippen LogP contribution < -0.4 is 19.6 Å². The van der Waals surface area contributed by atoms with Crippen LogP contribution in [0.1, 0.15) is 30.7 Å². The molecule has 0 bridgehead atoms. The first-order chi connectivity index (χ1) is 14.9. The number of aromatic hydroxyl groups is 1. The molecule has 0 spiro atoms. The summed E-state index contributed by atoms with van der Waals surface area (Å²) in [5.41, 5.74) is 2.43. The summed E-state index contributed by atoms with van der Waals surface area (Å²) in [5.74, 6) is 1.93. The zero-order valence-corrected chi connectivity index (χ0v) is 18.3. The van der Waals surface area contributed by atoms with E-state index in [0.29, 0.717) is 35.0 Å². The van der Waals surface area contributed by atoms with Crippen molar-refractivity contribution in [1.82, 2.24) is 0 Å². The predicted molar refractivity (Wildman–Crippen MR) is 122 cm³/mol. The second-order valence-corrected chi connectivity index (χ2v) is 7.23. The summed E-state index contributed by atoms with van der Waals surface area (Å²) < 4.78 is 21.9. The molecule has 1 heterocycles. The lowest BCUT2D eigenvalue weighted by molar-refractivity contribution is 0.355. The molecule has 3 aromatic rings. The highest BCUT2D eigenvalue weighted by Crippen LogP contribution is 2.36. The molecule has 0 saturated carbocycles. The number of benzene rings is 2. The number of phenolic OH excluding ortho intramolecular Hbond substituents is 1. The minimum absolute atomic E-state index is 0.115. The van der Waals surface area contributed by atoms with Gasteiger partial charge in [-0.3, -0.25) is 4.79 Å². The van der Waals surface area contributed by atoms with Crippen molar-refractivity contribution in [3.8, 4) is 23.0 Å². The fourth-order valence-corrected chi connectivity index (χ4v) is 3.24. The van der Waals surface area contributed by atoms with Crippen LogP contribution in [-0.2, 0) is 6.42 Å². The van der Waals surface area contributed by atoms with Gasteiger partial charge in [-0.05, 0) is 44.0 Å². The molecule has 0 aliphatic heterocycles. The number of phenols is 1. The maximum absolute atomic E-state index is 12.8. The van der Waals surface area contributed by atoms with Crippen LogP contribution in [0.4, 0.5) is 0 Å². The summed E-state index contributed by atoms with van der Waals surface area (Å²) >= 11 is 0. The van der Waals surface area contributed by atoms with E-state index in [1.807, 2.05) is 32.1 Å². The minimum Gasteiger partial charge on any atom is -0.507 e. The highest BCUT2D eigenvalue weighted by Gasteiger charge is 2.17. The van der Waals surface area contributed by atoms with Crippen molar-refractivity contribution in [3.05, 3.63) is 69.1 Å². The normalized spacial score (nSPS) is 11.0. The second-order valence-electron chi connectivity index (χ2n) is 7.23. The molecule has 0 fully saturated rings. The van der Waals surface area contributed by atoms with Crippen LogP contribution >= 0.6 is 0 Å². The third-order valence-corrected chi connectivity index (χ3v) is 4.86. The second kappa shape index (κ2) is 9.43. The van der Waals surface area contributed by atoms with Crippen LogP contribution in [0.5, 0.6) is 23.0 Å². The van der Waals surface area contributed by atoms with Crippen molar-refractivity contribution >= 4 is 23.1 Å². The van der Waals surface area contributed by atoms with E-state index in [9.17, 15) is 9.90 Å². The Bertz CT molecular complexity index is 1210. The van der Waals surface area contributed by atoms with Crippen LogP contribution in [0.15, 0.2) is 51.2 Å². The first-order valence-corrected chi connectivity index (χ1v) is 9.78. The quantitative estimate of drug-likeness (QED) is 0.527. The number of fused-ring (bicyclic) bond motifs is 1. The zero-order chi connectivity index (χ0) is 22.5. The number of methoxy groups -OCH3 is 3. The Kier molecular flexibility index (Phi) is 6.70. The minimum atomic E-state index is -0.327. The van der Waals surface area contributed by atoms with Gasteiger partial charge in [-0.1, -0.05) is 23.8 Å². The zero-order valence-electron chi connectivity index (χ0n) is 18.3. The van der Waals surface area contributed by atoms with Gasteiger partial charge in [0.25, 0.3) is 0 Å². The molecular formula is C25H26O6. The van der Waals surface area contributed by atoms with Crippen molar-refractivity contribution in [2.24, 2.45) is 0 Å². The Hall–Kier alpha value is -3.67. The van der Waals surface area contributed by atoms with Gasteiger partial charge in [0.15, 0.2) is 16.9 Å². The van der Waals surface area contributed by atoms with E-state index in [2.05, 4.69) is 0 Å². The lowest BCUT2D eigenvalue weighted by Gasteiger charge is -2.12. The van der Waals surface area contributed by atoms with Gasteiger partial charge in [0, 0.05) is 17.7 Å². The standard InChI is InChI=1S/C25H26O6/c1-15(2)6-10-18-21(29-4)14-23-24(25(18)27)19(26)13-17(31-23)9-7-16-8-11-20(28-3)22(12-16)30-5/h6-9,11-14,27H,10H2,1-5H3/b9-7+. The van der Waals surface area contributed by atoms with Crippen LogP contribution in [0.2, 0.25) is 0 Å². The number of rotatable bonds is 7. The molecule has 31 heavy (non-hydrogen) atoms. The molecule has 1 N–H and O–H groups in total. The van der Waals surface area contributed by atoms with Crippen molar-refractivity contribution in [2.75, 3.05) is 21.3 Å². The topological polar surface area (TPSA) is 78.1 Å². The Balaban J connectivity index is 2.04. The van der Waals surface area contributed by atoms with Crippen LogP contribution in [0.3, 0.4) is 0 Å². The molecule has 0 saturated heterocycles. The molecule has 162 valence electrons. The van der Waals surface area contributed by atoms with Crippen molar-refractivity contribution in [1.29, 1.82) is 0 Å². The number of allylic oxidation sites excluding steroid dienone is 2. The van der Waals surface area contributed by atoms with E-state index >= 15 is 0 Å². The molecule has 3 rings (SSSR count). The van der Waals surface area contributed by atoms with E-state index in [4.69, 9.17) is 18.6 Å². The SMILES string of the molecule is COc1ccc(/C=C/c2cc(=O)c3c(O)c(CC=C(C)C)c(OC)cc3o2)cc1OC. The van der Waals surface area contributed by atoms with Crippen molar-refractivity contribution in [2.45, 2.75) is 20.3 Å². The predicted octanol–water partition coefficient (Wildman–Crippen LogP) is 5.20. The molecule has 6 nitrogen and oxygen atoms in total. The molecule has 0 unspecified atom stereocenters. The maximum atomic E-state index is 12.8. The molecule has 0 atom stereocenters. The van der Waals surface area contributed by atoms with Crippen molar-refractivity contribution in [3.63, 3.8) is 0 Å². The summed E-state index contributed by atoms with van der Waals surface area (Å²) in [6, 6.07) is 8.47. The molecule has 0 radical (unpaired) electrons. The monoisotopic (exact) mass is 422 g/mol. The van der Waals surface area contributed by atoms with Crippen LogP contribution in [0, 0.1) is 0 Å². The lowest BCUT2D eigenvalue weighted by Crippen LogP contribution is -2.03. The summed E-state index contributed by atoms with van der Waals surface area (Å²) in [5, 5.41) is 10.9. The average Bonchev–Trinajstić information content (AvgIpc) is 2.75. The fourth-order valence-electron chi connectivity index (χ4n) is 3.24. The third kappa shape index (κ3) is 4.74. The lowest BCUT2D eigenvalue weighted by atomic mass is 10.0. The van der Waals surface area contributed by atoms with Gasteiger partial charge in [0.05, 0.1) is 21.3 Å². The third-order valence-electron chi connectivity index (χ3n) is 4.86. The highest BCUT2D eigenvalue weighted by molar-refractivity contribution is 5.87. The van der Waals surface area contributed by atoms with Gasteiger partial charge in [-0.2, -0.15) is 0 Å². The molecule has 6 heteroatoms. The summed E-state index contributed by atoms with van der Waals surface area (Å²) in [6.07, 6.45) is 5.90. The summed E-state index contributed by atoms with van der Waals surface area (Å²) in [4.78, 5) is 12.8. The number of ether oxygens (including phenoxy) is 3. The molecule has 0 amide bonds. The van der Waals surface area contributed by atoms with Crippen LogP contribution in [0.25, 0.3) is 23.1 Å². The largest absolute Gasteiger partial charge is 0.507 e. The average molecular weight is 422 g/mol. The summed E-state index contributed by atoms with van der Waals surface area (Å²) in [6.45, 7) is 3.94. The molecule has 2 aromatic carbocycles. The number of hydrogen-bond donors (Lipinski definition) is 1. The van der Waals surface area contributed by atoms with Gasteiger partial charge in [-0.15, -0.1) is 0 Å². The molecule has 1 aromatic heterocycles. The van der Waals surface area contributed by atoms with Crippen molar-refractivity contribution < 1.29 is 23.7 Å². The number of hydrogen-bond acceptors (Lipinski definition) is 6. The Labute approximate surface area is 181 Å². The van der Waals surface area contributed by atoms with E-state index < -0.39 is 0 Å². The van der Waals surface area contributed by atoms with Gasteiger partial charge in [0.2, 0.25) is 0 Å². The Morgan fingerprint density at radius 3 is 2.32 bits per heavy atom. The fraction of sp³-hybridized carbons (Fsp3) is 0.240.